The Hall–Kier alpha value is -3.45. The highest BCUT2D eigenvalue weighted by Gasteiger charge is 2.24. The first-order valence-electron chi connectivity index (χ1n) is 11.7. The second-order valence-electron chi connectivity index (χ2n) is 8.85. The second kappa shape index (κ2) is 10.9. The van der Waals surface area contributed by atoms with Gasteiger partial charge in [-0.1, -0.05) is 58.4 Å². The lowest BCUT2D eigenvalue weighted by Crippen LogP contribution is -2.39. The number of rotatable bonds is 8. The Morgan fingerprint density at radius 1 is 0.943 bits per heavy atom. The summed E-state index contributed by atoms with van der Waals surface area (Å²) in [5.74, 6) is 0.455. The van der Waals surface area contributed by atoms with Gasteiger partial charge in [0.05, 0.1) is 17.1 Å². The molecule has 0 saturated heterocycles. The topological polar surface area (TPSA) is 67.2 Å². The molecule has 0 spiro atoms. The highest BCUT2D eigenvalue weighted by molar-refractivity contribution is 9.10. The Balaban J connectivity index is 1.61. The Bertz CT molecular complexity index is 1320. The molecule has 7 heteroatoms. The van der Waals surface area contributed by atoms with Crippen molar-refractivity contribution >= 4 is 38.8 Å². The van der Waals surface area contributed by atoms with Crippen LogP contribution in [0.4, 0.5) is 0 Å². The summed E-state index contributed by atoms with van der Waals surface area (Å²) in [6, 6.07) is 24.6. The lowest BCUT2D eigenvalue weighted by molar-refractivity contribution is -0.134. The Morgan fingerprint density at radius 3 is 2.29 bits per heavy atom. The number of carbonyl (C=O) groups excluding carboxylic acids is 2. The average molecular weight is 533 g/mol. The summed E-state index contributed by atoms with van der Waals surface area (Å²) in [6.45, 7) is 6.61. The van der Waals surface area contributed by atoms with Gasteiger partial charge in [-0.2, -0.15) is 0 Å². The van der Waals surface area contributed by atoms with Crippen LogP contribution in [0.25, 0.3) is 11.0 Å². The average Bonchev–Trinajstić information content (AvgIpc) is 3.21. The van der Waals surface area contributed by atoms with E-state index in [1.165, 1.54) is 0 Å². The van der Waals surface area contributed by atoms with E-state index in [0.717, 1.165) is 21.1 Å². The number of fused-ring (bicyclic) bond motifs is 1. The number of para-hydroxylation sites is 2. The van der Waals surface area contributed by atoms with Crippen molar-refractivity contribution in [1.29, 1.82) is 0 Å². The van der Waals surface area contributed by atoms with Crippen molar-refractivity contribution in [2.75, 3.05) is 0 Å². The molecule has 1 heterocycles. The van der Waals surface area contributed by atoms with Crippen LogP contribution in [0.5, 0.6) is 0 Å². The zero-order chi connectivity index (χ0) is 24.9. The molecule has 0 aliphatic carbocycles. The van der Waals surface area contributed by atoms with Crippen molar-refractivity contribution in [2.45, 2.75) is 45.9 Å². The maximum Gasteiger partial charge on any atom is 0.251 e. The monoisotopic (exact) mass is 532 g/mol. The summed E-state index contributed by atoms with van der Waals surface area (Å²) in [6.07, 6.45) is 0. The Labute approximate surface area is 214 Å². The van der Waals surface area contributed by atoms with Crippen molar-refractivity contribution in [2.24, 2.45) is 0 Å². The maximum absolute atomic E-state index is 13.5. The fourth-order valence-corrected chi connectivity index (χ4v) is 4.37. The number of amides is 2. The highest BCUT2D eigenvalue weighted by atomic mass is 79.9. The molecule has 1 N–H and O–H groups in total. The van der Waals surface area contributed by atoms with Gasteiger partial charge in [0.25, 0.3) is 5.91 Å². The van der Waals surface area contributed by atoms with Crippen LogP contribution in [0.3, 0.4) is 0 Å². The third kappa shape index (κ3) is 5.80. The molecule has 1 unspecified atom stereocenters. The molecule has 0 saturated carbocycles. The molecule has 4 rings (SSSR count). The number of halogens is 1. The molecule has 180 valence electrons. The van der Waals surface area contributed by atoms with Gasteiger partial charge in [-0.15, -0.1) is 0 Å². The zero-order valence-corrected chi connectivity index (χ0v) is 21.7. The molecule has 2 amide bonds. The van der Waals surface area contributed by atoms with Crippen molar-refractivity contribution < 1.29 is 9.59 Å². The van der Waals surface area contributed by atoms with E-state index >= 15 is 0 Å². The molecule has 1 aromatic heterocycles. The standard InChI is InChI=1S/C28H29BrN4O2/c1-19(2)32(17-21-9-5-4-6-10-21)26(34)18-33-25-12-8-7-11-24(25)31-27(33)20(3)30-28(35)22-13-15-23(29)16-14-22/h4-16,19-20H,17-18H2,1-3H3,(H,30,35). The number of nitrogens with one attached hydrogen (secondary N) is 1. The number of imidazole rings is 1. The SMILES string of the molecule is CC(NC(=O)c1ccc(Br)cc1)c1nc2ccccc2n1CC(=O)N(Cc1ccccc1)C(C)C. The van der Waals surface area contributed by atoms with Gasteiger partial charge in [0.15, 0.2) is 0 Å². The summed E-state index contributed by atoms with van der Waals surface area (Å²) < 4.78 is 2.83. The summed E-state index contributed by atoms with van der Waals surface area (Å²) >= 11 is 3.40. The van der Waals surface area contributed by atoms with Crippen LogP contribution in [-0.2, 0) is 17.9 Å². The summed E-state index contributed by atoms with van der Waals surface area (Å²) in [5, 5.41) is 3.04. The summed E-state index contributed by atoms with van der Waals surface area (Å²) in [7, 11) is 0. The fourth-order valence-electron chi connectivity index (χ4n) is 4.10. The van der Waals surface area contributed by atoms with Gasteiger partial charge in [-0.05, 0) is 62.7 Å². The largest absolute Gasteiger partial charge is 0.342 e. The van der Waals surface area contributed by atoms with E-state index in [4.69, 9.17) is 4.98 Å². The lowest BCUT2D eigenvalue weighted by Gasteiger charge is -2.28. The van der Waals surface area contributed by atoms with E-state index in [0.29, 0.717) is 17.9 Å². The summed E-state index contributed by atoms with van der Waals surface area (Å²) in [5.41, 5.74) is 3.30. The van der Waals surface area contributed by atoms with E-state index < -0.39 is 6.04 Å². The lowest BCUT2D eigenvalue weighted by atomic mass is 10.2. The molecule has 0 radical (unpaired) electrons. The molecule has 0 bridgehead atoms. The van der Waals surface area contributed by atoms with Crippen LogP contribution in [0.1, 0.15) is 48.6 Å². The van der Waals surface area contributed by atoms with Gasteiger partial charge < -0.3 is 14.8 Å². The summed E-state index contributed by atoms with van der Waals surface area (Å²) in [4.78, 5) is 33.0. The first-order valence-corrected chi connectivity index (χ1v) is 12.5. The normalized spacial score (nSPS) is 12.0. The van der Waals surface area contributed by atoms with Gasteiger partial charge in [0.2, 0.25) is 5.91 Å². The molecular formula is C28H29BrN4O2. The Kier molecular flexibility index (Phi) is 7.66. The first kappa shape index (κ1) is 24.7. The van der Waals surface area contributed by atoms with E-state index in [-0.39, 0.29) is 24.4 Å². The molecule has 0 aliphatic rings. The number of hydrogen-bond donors (Lipinski definition) is 1. The quantitative estimate of drug-likeness (QED) is 0.315. The molecule has 35 heavy (non-hydrogen) atoms. The molecular weight excluding hydrogens is 504 g/mol. The van der Waals surface area contributed by atoms with Gasteiger partial charge in [0.1, 0.15) is 12.4 Å². The van der Waals surface area contributed by atoms with Crippen LogP contribution in [-0.4, -0.2) is 32.3 Å². The number of benzene rings is 3. The van der Waals surface area contributed by atoms with Gasteiger partial charge >= 0.3 is 0 Å². The minimum Gasteiger partial charge on any atom is -0.342 e. The molecule has 3 aromatic carbocycles. The van der Waals surface area contributed by atoms with E-state index in [1.807, 2.05) is 97.0 Å². The fraction of sp³-hybridized carbons (Fsp3) is 0.250. The van der Waals surface area contributed by atoms with Crippen LogP contribution >= 0.6 is 15.9 Å². The molecule has 1 atom stereocenters. The number of aromatic nitrogens is 2. The molecule has 0 fully saturated rings. The third-order valence-electron chi connectivity index (χ3n) is 5.96. The molecule has 0 aliphatic heterocycles. The van der Waals surface area contributed by atoms with E-state index in [9.17, 15) is 9.59 Å². The highest BCUT2D eigenvalue weighted by Crippen LogP contribution is 2.22. The number of nitrogens with zero attached hydrogens (tertiary/aromatic N) is 3. The van der Waals surface area contributed by atoms with Crippen LogP contribution in [0.2, 0.25) is 0 Å². The first-order chi connectivity index (χ1) is 16.8. The van der Waals surface area contributed by atoms with Crippen LogP contribution < -0.4 is 5.32 Å². The smallest absolute Gasteiger partial charge is 0.251 e. The minimum absolute atomic E-state index is 0.000285. The molecule has 4 aromatic rings. The van der Waals surface area contributed by atoms with Gasteiger partial charge in [-0.25, -0.2) is 4.98 Å². The third-order valence-corrected chi connectivity index (χ3v) is 6.49. The van der Waals surface area contributed by atoms with E-state index in [1.54, 1.807) is 12.1 Å². The van der Waals surface area contributed by atoms with Crippen molar-refractivity contribution in [3.05, 3.63) is 100 Å². The van der Waals surface area contributed by atoms with Crippen molar-refractivity contribution in [1.82, 2.24) is 19.8 Å². The van der Waals surface area contributed by atoms with Crippen molar-refractivity contribution in [3.8, 4) is 0 Å². The predicted molar refractivity (Wildman–Crippen MR) is 142 cm³/mol. The van der Waals surface area contributed by atoms with Crippen LogP contribution in [0.15, 0.2) is 83.3 Å². The van der Waals surface area contributed by atoms with E-state index in [2.05, 4.69) is 21.2 Å². The van der Waals surface area contributed by atoms with Crippen molar-refractivity contribution in [3.63, 3.8) is 0 Å². The minimum atomic E-state index is -0.395. The van der Waals surface area contributed by atoms with Gasteiger partial charge in [-0.3, -0.25) is 9.59 Å². The zero-order valence-electron chi connectivity index (χ0n) is 20.1. The number of hydrogen-bond acceptors (Lipinski definition) is 3. The Morgan fingerprint density at radius 2 is 1.60 bits per heavy atom. The van der Waals surface area contributed by atoms with Gasteiger partial charge in [0, 0.05) is 22.6 Å². The van der Waals surface area contributed by atoms with Crippen LogP contribution in [0, 0.1) is 0 Å². The second-order valence-corrected chi connectivity index (χ2v) is 9.76. The predicted octanol–water partition coefficient (Wildman–Crippen LogP) is 5.73. The number of carbonyl (C=O) groups is 2. The maximum atomic E-state index is 13.5. The molecule has 6 nitrogen and oxygen atoms in total.